The number of imidazole rings is 1. The van der Waals surface area contributed by atoms with Crippen LogP contribution in [0.3, 0.4) is 0 Å². The number of aromatic nitrogens is 2. The van der Waals surface area contributed by atoms with Gasteiger partial charge in [-0.05, 0) is 0 Å². The molecule has 6 nitrogen and oxygen atoms in total. The molecule has 1 aromatic rings. The standard InChI is InChI=1S/C11H18ClN3O3S/c1-2-10-13-11(19(12,16)17)9-15(10)4-3-14-5-7-18-8-6-14/h9H,2-8H2,1H3. The van der Waals surface area contributed by atoms with E-state index in [4.69, 9.17) is 15.4 Å². The number of hydrogen-bond acceptors (Lipinski definition) is 5. The highest BCUT2D eigenvalue weighted by molar-refractivity contribution is 8.13. The second-order valence-corrected chi connectivity index (χ2v) is 6.95. The van der Waals surface area contributed by atoms with E-state index in [1.807, 2.05) is 11.5 Å². The van der Waals surface area contributed by atoms with Gasteiger partial charge in [0.1, 0.15) is 5.82 Å². The van der Waals surface area contributed by atoms with Crippen molar-refractivity contribution >= 4 is 19.7 Å². The first kappa shape index (κ1) is 14.8. The summed E-state index contributed by atoms with van der Waals surface area (Å²) in [5.41, 5.74) is 0. The zero-order valence-electron chi connectivity index (χ0n) is 10.9. The molecule has 0 N–H and O–H groups in total. The van der Waals surface area contributed by atoms with Gasteiger partial charge in [-0.1, -0.05) is 6.92 Å². The van der Waals surface area contributed by atoms with Crippen LogP contribution in [0.4, 0.5) is 0 Å². The Hall–Kier alpha value is -0.630. The predicted molar refractivity (Wildman–Crippen MR) is 71.9 cm³/mol. The van der Waals surface area contributed by atoms with Crippen LogP contribution < -0.4 is 0 Å². The Morgan fingerprint density at radius 2 is 2.05 bits per heavy atom. The summed E-state index contributed by atoms with van der Waals surface area (Å²) >= 11 is 0. The van der Waals surface area contributed by atoms with Crippen LogP contribution >= 0.6 is 10.7 Å². The average Bonchev–Trinajstić information content (AvgIpc) is 2.81. The van der Waals surface area contributed by atoms with E-state index < -0.39 is 9.05 Å². The first-order valence-corrected chi connectivity index (χ1v) is 8.62. The monoisotopic (exact) mass is 307 g/mol. The van der Waals surface area contributed by atoms with Gasteiger partial charge in [0, 0.05) is 49.5 Å². The number of morpholine rings is 1. The fourth-order valence-electron chi connectivity index (χ4n) is 2.10. The summed E-state index contributed by atoms with van der Waals surface area (Å²) < 4.78 is 29.7. The summed E-state index contributed by atoms with van der Waals surface area (Å²) in [5, 5.41) is -0.0620. The lowest BCUT2D eigenvalue weighted by Gasteiger charge is -2.26. The second kappa shape index (κ2) is 6.21. The summed E-state index contributed by atoms with van der Waals surface area (Å²) in [6.07, 6.45) is 2.19. The molecule has 0 unspecified atom stereocenters. The average molecular weight is 308 g/mol. The highest BCUT2D eigenvalue weighted by Crippen LogP contribution is 2.15. The van der Waals surface area contributed by atoms with Gasteiger partial charge in [-0.15, -0.1) is 0 Å². The third kappa shape index (κ3) is 3.92. The lowest BCUT2D eigenvalue weighted by molar-refractivity contribution is 0.0363. The van der Waals surface area contributed by atoms with Crippen molar-refractivity contribution in [3.05, 3.63) is 12.0 Å². The molecule has 8 heteroatoms. The molecule has 1 fully saturated rings. The lowest BCUT2D eigenvalue weighted by atomic mass is 10.4. The summed E-state index contributed by atoms with van der Waals surface area (Å²) in [7, 11) is 1.57. The topological polar surface area (TPSA) is 64.4 Å². The predicted octanol–water partition coefficient (Wildman–Crippen LogP) is 0.705. The molecule has 0 spiro atoms. The molecule has 0 atom stereocenters. The molecule has 0 radical (unpaired) electrons. The van der Waals surface area contributed by atoms with Crippen LogP contribution in [0.1, 0.15) is 12.7 Å². The Morgan fingerprint density at radius 1 is 1.37 bits per heavy atom. The lowest BCUT2D eigenvalue weighted by Crippen LogP contribution is -2.38. The van der Waals surface area contributed by atoms with Crippen LogP contribution in [0.5, 0.6) is 0 Å². The van der Waals surface area contributed by atoms with Gasteiger partial charge in [0.05, 0.1) is 13.2 Å². The van der Waals surface area contributed by atoms with E-state index in [9.17, 15) is 8.42 Å². The van der Waals surface area contributed by atoms with E-state index in [1.54, 1.807) is 0 Å². The minimum atomic E-state index is -3.75. The van der Waals surface area contributed by atoms with Crippen molar-refractivity contribution in [3.63, 3.8) is 0 Å². The first-order chi connectivity index (χ1) is 9.00. The molecule has 1 aliphatic rings. The molecule has 108 valence electrons. The van der Waals surface area contributed by atoms with Crippen LogP contribution in [0.15, 0.2) is 11.2 Å². The van der Waals surface area contributed by atoms with E-state index in [0.29, 0.717) is 13.0 Å². The number of aryl methyl sites for hydroxylation is 1. The summed E-state index contributed by atoms with van der Waals surface area (Å²) in [6, 6.07) is 0. The molecule has 1 aliphatic heterocycles. The Balaban J connectivity index is 2.04. The van der Waals surface area contributed by atoms with Crippen molar-refractivity contribution in [2.24, 2.45) is 0 Å². The van der Waals surface area contributed by atoms with Gasteiger partial charge >= 0.3 is 0 Å². The van der Waals surface area contributed by atoms with E-state index in [1.165, 1.54) is 6.20 Å². The molecule has 0 bridgehead atoms. The van der Waals surface area contributed by atoms with Crippen LogP contribution in [0, 0.1) is 0 Å². The molecule has 2 rings (SSSR count). The van der Waals surface area contributed by atoms with Crippen molar-refractivity contribution in [1.29, 1.82) is 0 Å². The maximum Gasteiger partial charge on any atom is 0.280 e. The quantitative estimate of drug-likeness (QED) is 0.750. The number of hydrogen-bond donors (Lipinski definition) is 0. The van der Waals surface area contributed by atoms with Gasteiger partial charge in [-0.25, -0.2) is 13.4 Å². The van der Waals surface area contributed by atoms with E-state index in [-0.39, 0.29) is 5.03 Å². The van der Waals surface area contributed by atoms with E-state index >= 15 is 0 Å². The summed E-state index contributed by atoms with van der Waals surface area (Å²) in [4.78, 5) is 6.35. The highest BCUT2D eigenvalue weighted by Gasteiger charge is 2.18. The minimum absolute atomic E-state index is 0.0620. The summed E-state index contributed by atoms with van der Waals surface area (Å²) in [6.45, 7) is 6.85. The molecular weight excluding hydrogens is 290 g/mol. The van der Waals surface area contributed by atoms with Crippen molar-refractivity contribution < 1.29 is 13.2 Å². The maximum atomic E-state index is 11.3. The highest BCUT2D eigenvalue weighted by atomic mass is 35.7. The van der Waals surface area contributed by atoms with Crippen LogP contribution in [0.2, 0.25) is 0 Å². The third-order valence-corrected chi connectivity index (χ3v) is 4.33. The van der Waals surface area contributed by atoms with Gasteiger partial charge < -0.3 is 9.30 Å². The number of nitrogens with zero attached hydrogens (tertiary/aromatic N) is 3. The molecule has 0 aliphatic carbocycles. The van der Waals surface area contributed by atoms with Crippen molar-refractivity contribution in [3.8, 4) is 0 Å². The van der Waals surface area contributed by atoms with E-state index in [2.05, 4.69) is 9.88 Å². The smallest absolute Gasteiger partial charge is 0.280 e. The fraction of sp³-hybridized carbons (Fsp3) is 0.727. The molecule has 1 aromatic heterocycles. The van der Waals surface area contributed by atoms with Crippen LogP contribution in [-0.2, 0) is 26.8 Å². The Morgan fingerprint density at radius 3 is 2.63 bits per heavy atom. The minimum Gasteiger partial charge on any atom is -0.379 e. The van der Waals surface area contributed by atoms with Gasteiger partial charge in [0.15, 0.2) is 5.03 Å². The largest absolute Gasteiger partial charge is 0.379 e. The number of rotatable bonds is 5. The zero-order chi connectivity index (χ0) is 13.9. The van der Waals surface area contributed by atoms with Crippen molar-refractivity contribution in [1.82, 2.24) is 14.5 Å². The molecule has 0 amide bonds. The first-order valence-electron chi connectivity index (χ1n) is 6.31. The van der Waals surface area contributed by atoms with Gasteiger partial charge in [0.25, 0.3) is 9.05 Å². The molecule has 19 heavy (non-hydrogen) atoms. The van der Waals surface area contributed by atoms with Crippen LogP contribution in [-0.4, -0.2) is 55.7 Å². The van der Waals surface area contributed by atoms with Crippen LogP contribution in [0.25, 0.3) is 0 Å². The second-order valence-electron chi connectivity index (χ2n) is 4.43. The van der Waals surface area contributed by atoms with Crippen molar-refractivity contribution in [2.75, 3.05) is 32.8 Å². The Kier molecular flexibility index (Phi) is 4.83. The normalized spacial score (nSPS) is 17.8. The Bertz CT molecular complexity index is 523. The summed E-state index contributed by atoms with van der Waals surface area (Å²) in [5.74, 6) is 0.743. The molecular formula is C11H18ClN3O3S. The zero-order valence-corrected chi connectivity index (χ0v) is 12.5. The molecule has 0 aromatic carbocycles. The van der Waals surface area contributed by atoms with Gasteiger partial charge in [-0.2, -0.15) is 0 Å². The Labute approximate surface area is 117 Å². The molecule has 2 heterocycles. The van der Waals surface area contributed by atoms with E-state index in [0.717, 1.165) is 38.7 Å². The molecule has 0 saturated carbocycles. The fourth-order valence-corrected chi connectivity index (χ4v) is 2.79. The number of ether oxygens (including phenoxy) is 1. The number of halogens is 1. The van der Waals surface area contributed by atoms with Gasteiger partial charge in [-0.3, -0.25) is 4.90 Å². The SMILES string of the molecule is CCc1nc(S(=O)(=O)Cl)cn1CCN1CCOCC1. The van der Waals surface area contributed by atoms with Gasteiger partial charge in [0.2, 0.25) is 0 Å². The third-order valence-electron chi connectivity index (χ3n) is 3.16. The maximum absolute atomic E-state index is 11.3. The van der Waals surface area contributed by atoms with Crippen molar-refractivity contribution in [2.45, 2.75) is 24.9 Å². The molecule has 1 saturated heterocycles.